The summed E-state index contributed by atoms with van der Waals surface area (Å²) < 4.78 is 1.55. The van der Waals surface area contributed by atoms with Gasteiger partial charge in [-0.2, -0.15) is 0 Å². The summed E-state index contributed by atoms with van der Waals surface area (Å²) in [6, 6.07) is 17.1. The van der Waals surface area contributed by atoms with Gasteiger partial charge >= 0.3 is 0 Å². The molecule has 0 unspecified atom stereocenters. The molecule has 2 aromatic heterocycles. The van der Waals surface area contributed by atoms with Crippen LogP contribution in [0.4, 0.5) is 5.95 Å². The smallest absolute Gasteiger partial charge is 0.255 e. The second-order valence-electron chi connectivity index (χ2n) is 8.09. The Labute approximate surface area is 185 Å². The largest absolute Gasteiger partial charge is 0.342 e. The van der Waals surface area contributed by atoms with Gasteiger partial charge in [0.15, 0.2) is 5.78 Å². The van der Waals surface area contributed by atoms with Crippen LogP contribution < -0.4 is 10.5 Å². The van der Waals surface area contributed by atoms with E-state index in [2.05, 4.69) is 14.9 Å². The normalized spacial score (nSPS) is 14.6. The van der Waals surface area contributed by atoms with E-state index in [9.17, 15) is 9.59 Å². The van der Waals surface area contributed by atoms with Gasteiger partial charge in [0.25, 0.3) is 5.56 Å². The van der Waals surface area contributed by atoms with Crippen molar-refractivity contribution in [3.8, 4) is 11.4 Å². The predicted molar refractivity (Wildman–Crippen MR) is 124 cm³/mol. The van der Waals surface area contributed by atoms with Crippen LogP contribution in [0.2, 0.25) is 0 Å². The Morgan fingerprint density at radius 1 is 1.00 bits per heavy atom. The minimum Gasteiger partial charge on any atom is -0.342 e. The number of ketones is 1. The third-order valence-corrected chi connectivity index (χ3v) is 6.16. The molecule has 0 N–H and O–H groups in total. The average molecular weight is 425 g/mol. The second kappa shape index (κ2) is 8.34. The lowest BCUT2D eigenvalue weighted by atomic mass is 9.87. The number of fused-ring (bicyclic) bond motifs is 1. The van der Waals surface area contributed by atoms with Gasteiger partial charge in [0.05, 0.1) is 11.4 Å². The topological polar surface area (TPSA) is 81.0 Å². The molecule has 7 heteroatoms. The van der Waals surface area contributed by atoms with Gasteiger partial charge in [-0.3, -0.25) is 14.2 Å². The van der Waals surface area contributed by atoms with Gasteiger partial charge in [0, 0.05) is 43.9 Å². The zero-order valence-corrected chi connectivity index (χ0v) is 17.8. The average Bonchev–Trinajstić information content (AvgIpc) is 2.85. The number of nitrogens with zero attached hydrogens (tertiary/aromatic N) is 5. The number of anilines is 1. The molecule has 1 fully saturated rings. The quantitative estimate of drug-likeness (QED) is 0.466. The summed E-state index contributed by atoms with van der Waals surface area (Å²) in [5.74, 6) is 0.749. The molecule has 5 rings (SSSR count). The van der Waals surface area contributed by atoms with Crippen molar-refractivity contribution in [2.45, 2.75) is 12.8 Å². The first-order valence-corrected chi connectivity index (χ1v) is 10.7. The minimum atomic E-state index is -0.141. The lowest BCUT2D eigenvalue weighted by Crippen LogP contribution is -2.40. The van der Waals surface area contributed by atoms with E-state index in [0.717, 1.165) is 29.2 Å². The molecule has 0 radical (unpaired) electrons. The molecule has 7 nitrogen and oxygen atoms in total. The molecule has 0 bridgehead atoms. The molecule has 0 saturated carbocycles. The van der Waals surface area contributed by atoms with E-state index in [1.54, 1.807) is 23.9 Å². The molecule has 1 aliphatic heterocycles. The number of hydrogen-bond acceptors (Lipinski definition) is 6. The lowest BCUT2D eigenvalue weighted by Gasteiger charge is -2.33. The van der Waals surface area contributed by atoms with Gasteiger partial charge in [0.1, 0.15) is 6.33 Å². The first-order chi connectivity index (χ1) is 15.6. The summed E-state index contributed by atoms with van der Waals surface area (Å²) in [5, 5.41) is 2.08. The molecule has 0 amide bonds. The number of carbonyl (C=O) groups is 1. The third kappa shape index (κ3) is 3.66. The maximum absolute atomic E-state index is 13.3. The number of hydrogen-bond donors (Lipinski definition) is 0. The Morgan fingerprint density at radius 3 is 2.56 bits per heavy atom. The summed E-state index contributed by atoms with van der Waals surface area (Å²) in [5.41, 5.74) is 1.79. The van der Waals surface area contributed by atoms with E-state index in [-0.39, 0.29) is 17.3 Å². The molecular weight excluding hydrogens is 402 g/mol. The van der Waals surface area contributed by atoms with Crippen molar-refractivity contribution in [2.75, 3.05) is 18.0 Å². The molecule has 1 aliphatic rings. The number of piperidine rings is 1. The Morgan fingerprint density at radius 2 is 1.78 bits per heavy atom. The third-order valence-electron chi connectivity index (χ3n) is 6.16. The van der Waals surface area contributed by atoms with E-state index < -0.39 is 0 Å². The Hall–Kier alpha value is -3.87. The molecule has 0 spiro atoms. The highest BCUT2D eigenvalue weighted by atomic mass is 16.1. The van der Waals surface area contributed by atoms with Crippen molar-refractivity contribution in [3.63, 3.8) is 0 Å². The van der Waals surface area contributed by atoms with Crippen LogP contribution in [0.5, 0.6) is 0 Å². The van der Waals surface area contributed by atoms with Gasteiger partial charge in [0.2, 0.25) is 5.95 Å². The van der Waals surface area contributed by atoms with E-state index >= 15 is 0 Å². The van der Waals surface area contributed by atoms with E-state index in [0.29, 0.717) is 30.4 Å². The van der Waals surface area contributed by atoms with Crippen LogP contribution in [0.15, 0.2) is 71.9 Å². The fourth-order valence-electron chi connectivity index (χ4n) is 4.39. The molecule has 0 atom stereocenters. The van der Waals surface area contributed by atoms with Gasteiger partial charge in [-0.05, 0) is 29.7 Å². The highest BCUT2D eigenvalue weighted by molar-refractivity contribution is 6.09. The molecule has 1 saturated heterocycles. The number of aromatic nitrogens is 4. The summed E-state index contributed by atoms with van der Waals surface area (Å²) in [4.78, 5) is 40.8. The van der Waals surface area contributed by atoms with Crippen molar-refractivity contribution in [2.24, 2.45) is 13.0 Å². The van der Waals surface area contributed by atoms with Crippen LogP contribution in [-0.4, -0.2) is 38.4 Å². The second-order valence-corrected chi connectivity index (χ2v) is 8.09. The summed E-state index contributed by atoms with van der Waals surface area (Å²) in [6.07, 6.45) is 4.51. The van der Waals surface area contributed by atoms with Crippen LogP contribution in [0, 0.1) is 5.92 Å². The standard InChI is InChI=1S/C25H23N5O2/c1-29-23(31)15-22(21-9-12-26-16-27-21)28-25(29)30-13-10-18(11-14-30)24(32)20-8-4-6-17-5-2-3-7-19(17)20/h2-9,12,15-16,18H,10-11,13-14H2,1H3. The number of rotatable bonds is 4. The maximum atomic E-state index is 13.3. The minimum absolute atomic E-state index is 0.0425. The molecule has 0 aliphatic carbocycles. The Balaban J connectivity index is 1.37. The van der Waals surface area contributed by atoms with Crippen molar-refractivity contribution >= 4 is 22.5 Å². The zero-order chi connectivity index (χ0) is 22.1. The molecule has 4 aromatic rings. The van der Waals surface area contributed by atoms with Crippen molar-refractivity contribution in [1.82, 2.24) is 19.5 Å². The van der Waals surface area contributed by atoms with E-state index in [4.69, 9.17) is 4.98 Å². The maximum Gasteiger partial charge on any atom is 0.255 e. The SMILES string of the molecule is Cn1c(N2CCC(C(=O)c3cccc4ccccc34)CC2)nc(-c2ccncn2)cc1=O. The monoisotopic (exact) mass is 425 g/mol. The molecule has 3 heterocycles. The van der Waals surface area contributed by atoms with Gasteiger partial charge in [-0.25, -0.2) is 15.0 Å². The van der Waals surface area contributed by atoms with Crippen LogP contribution in [0.3, 0.4) is 0 Å². The fourth-order valence-corrected chi connectivity index (χ4v) is 4.39. The van der Waals surface area contributed by atoms with E-state index in [1.165, 1.54) is 12.4 Å². The fraction of sp³-hybridized carbons (Fsp3) is 0.240. The molecule has 160 valence electrons. The number of carbonyl (C=O) groups excluding carboxylic acids is 1. The molecular formula is C25H23N5O2. The zero-order valence-electron chi connectivity index (χ0n) is 17.8. The first kappa shape index (κ1) is 20.1. The first-order valence-electron chi connectivity index (χ1n) is 10.7. The van der Waals surface area contributed by atoms with Gasteiger partial charge in [-0.15, -0.1) is 0 Å². The lowest BCUT2D eigenvalue weighted by molar-refractivity contribution is 0.0902. The molecule has 32 heavy (non-hydrogen) atoms. The number of benzene rings is 2. The van der Waals surface area contributed by atoms with Crippen LogP contribution in [0.25, 0.3) is 22.2 Å². The molecule has 2 aromatic carbocycles. The van der Waals surface area contributed by atoms with Crippen molar-refractivity contribution < 1.29 is 4.79 Å². The van der Waals surface area contributed by atoms with Crippen LogP contribution >= 0.6 is 0 Å². The van der Waals surface area contributed by atoms with Crippen molar-refractivity contribution in [3.05, 3.63) is 83.0 Å². The summed E-state index contributed by atoms with van der Waals surface area (Å²) in [7, 11) is 1.72. The van der Waals surface area contributed by atoms with Crippen LogP contribution in [0.1, 0.15) is 23.2 Å². The van der Waals surface area contributed by atoms with Gasteiger partial charge < -0.3 is 4.90 Å². The number of Topliss-reactive ketones (excluding diaryl/α,β-unsaturated/α-hetero) is 1. The van der Waals surface area contributed by atoms with Crippen LogP contribution in [-0.2, 0) is 7.05 Å². The predicted octanol–water partition coefficient (Wildman–Crippen LogP) is 3.49. The highest BCUT2D eigenvalue weighted by Gasteiger charge is 2.28. The van der Waals surface area contributed by atoms with Crippen molar-refractivity contribution in [1.29, 1.82) is 0 Å². The summed E-state index contributed by atoms with van der Waals surface area (Å²) >= 11 is 0. The van der Waals surface area contributed by atoms with Gasteiger partial charge in [-0.1, -0.05) is 42.5 Å². The Kier molecular flexibility index (Phi) is 5.23. The highest BCUT2D eigenvalue weighted by Crippen LogP contribution is 2.28. The van der Waals surface area contributed by atoms with E-state index in [1.807, 2.05) is 42.5 Å². The summed E-state index contributed by atoms with van der Waals surface area (Å²) in [6.45, 7) is 1.32. The Bertz CT molecular complexity index is 1340.